The van der Waals surface area contributed by atoms with Gasteiger partial charge in [-0.3, -0.25) is 0 Å². The minimum atomic E-state index is 0.0119. The summed E-state index contributed by atoms with van der Waals surface area (Å²) in [5.74, 6) is 0.982. The maximum atomic E-state index is 6.02. The molecule has 0 spiro atoms. The number of aromatic amines is 1. The quantitative estimate of drug-likeness (QED) is 0.884. The molecule has 0 saturated heterocycles. The van der Waals surface area contributed by atoms with Crippen LogP contribution in [0.1, 0.15) is 31.5 Å². The van der Waals surface area contributed by atoms with Crippen molar-refractivity contribution in [3.8, 4) is 0 Å². The summed E-state index contributed by atoms with van der Waals surface area (Å²) in [7, 11) is 0. The van der Waals surface area contributed by atoms with Crippen molar-refractivity contribution in [2.45, 2.75) is 31.1 Å². The predicted octanol–water partition coefficient (Wildman–Crippen LogP) is 3.64. The monoisotopic (exact) mass is 283 g/mol. The minimum Gasteiger partial charge on any atom is -0.341 e. The minimum absolute atomic E-state index is 0.0119. The molecular weight excluding hydrogens is 269 g/mol. The fraction of sp³-hybridized carbons (Fsp3) is 0.462. The van der Waals surface area contributed by atoms with E-state index in [-0.39, 0.29) is 5.41 Å². The van der Waals surface area contributed by atoms with E-state index in [1.165, 1.54) is 12.8 Å². The number of rotatable bonds is 2. The molecule has 5 heteroatoms. The highest BCUT2D eigenvalue weighted by Crippen LogP contribution is 2.40. The van der Waals surface area contributed by atoms with Gasteiger partial charge in [0.25, 0.3) is 0 Å². The normalized spacial score (nSPS) is 18.6. The summed E-state index contributed by atoms with van der Waals surface area (Å²) in [6, 6.07) is 3.63. The molecule has 1 heterocycles. The van der Waals surface area contributed by atoms with E-state index in [1.807, 2.05) is 6.07 Å². The Bertz CT molecular complexity index is 546. The number of hydrogen-bond donors (Lipinski definition) is 2. The molecule has 1 aliphatic carbocycles. The van der Waals surface area contributed by atoms with E-state index in [0.29, 0.717) is 16.6 Å². The number of aromatic nitrogens is 2. The van der Waals surface area contributed by atoms with Gasteiger partial charge in [0.1, 0.15) is 5.82 Å². The zero-order valence-corrected chi connectivity index (χ0v) is 11.5. The average Bonchev–Trinajstić information content (AvgIpc) is 2.96. The average molecular weight is 284 g/mol. The van der Waals surface area contributed by atoms with Gasteiger partial charge in [-0.05, 0) is 25.0 Å². The predicted molar refractivity (Wildman–Crippen MR) is 75.3 cm³/mol. The van der Waals surface area contributed by atoms with E-state index >= 15 is 0 Å². The lowest BCUT2D eigenvalue weighted by Crippen LogP contribution is -2.33. The van der Waals surface area contributed by atoms with Crippen molar-refractivity contribution in [1.82, 2.24) is 9.97 Å². The van der Waals surface area contributed by atoms with Crippen molar-refractivity contribution in [1.29, 1.82) is 0 Å². The van der Waals surface area contributed by atoms with Crippen LogP contribution in [0.25, 0.3) is 11.0 Å². The molecule has 96 valence electrons. The molecule has 0 amide bonds. The van der Waals surface area contributed by atoms with Crippen molar-refractivity contribution in [2.75, 3.05) is 6.54 Å². The van der Waals surface area contributed by atoms with Crippen LogP contribution in [0.2, 0.25) is 10.0 Å². The van der Waals surface area contributed by atoms with Crippen LogP contribution < -0.4 is 5.73 Å². The fourth-order valence-corrected chi connectivity index (χ4v) is 3.17. The zero-order valence-electron chi connectivity index (χ0n) is 9.97. The molecule has 1 saturated carbocycles. The lowest BCUT2D eigenvalue weighted by atomic mass is 9.85. The number of hydrogen-bond acceptors (Lipinski definition) is 2. The van der Waals surface area contributed by atoms with Gasteiger partial charge in [0.2, 0.25) is 0 Å². The molecule has 1 aromatic heterocycles. The Kier molecular flexibility index (Phi) is 3.00. The van der Waals surface area contributed by atoms with Gasteiger partial charge in [-0.25, -0.2) is 4.98 Å². The molecule has 1 fully saturated rings. The van der Waals surface area contributed by atoms with Crippen LogP contribution in [0.4, 0.5) is 0 Å². The molecule has 1 aromatic carbocycles. The van der Waals surface area contributed by atoms with E-state index in [4.69, 9.17) is 28.9 Å². The SMILES string of the molecule is NCC1(c2nc3cc(Cl)c(Cl)cc3[nH]2)CCCC1. The maximum Gasteiger partial charge on any atom is 0.114 e. The van der Waals surface area contributed by atoms with Crippen molar-refractivity contribution in [3.05, 3.63) is 28.0 Å². The standard InChI is InChI=1S/C13H15Cl2N3/c14-8-5-10-11(6-9(8)15)18-12(17-10)13(7-16)3-1-2-4-13/h5-6H,1-4,7,16H2,(H,17,18). The molecular formula is C13H15Cl2N3. The third kappa shape index (κ3) is 1.81. The molecule has 3 N–H and O–H groups in total. The molecule has 18 heavy (non-hydrogen) atoms. The smallest absolute Gasteiger partial charge is 0.114 e. The molecule has 3 rings (SSSR count). The Morgan fingerprint density at radius 2 is 1.89 bits per heavy atom. The van der Waals surface area contributed by atoms with E-state index in [2.05, 4.69) is 9.97 Å². The number of fused-ring (bicyclic) bond motifs is 1. The van der Waals surface area contributed by atoms with Gasteiger partial charge in [-0.1, -0.05) is 36.0 Å². The number of halogens is 2. The van der Waals surface area contributed by atoms with Crippen molar-refractivity contribution < 1.29 is 0 Å². The topological polar surface area (TPSA) is 54.7 Å². The molecule has 1 aliphatic rings. The highest BCUT2D eigenvalue weighted by atomic mass is 35.5. The van der Waals surface area contributed by atoms with Crippen LogP contribution in [0.3, 0.4) is 0 Å². The summed E-state index contributed by atoms with van der Waals surface area (Å²) in [5, 5.41) is 1.09. The van der Waals surface area contributed by atoms with Gasteiger partial charge >= 0.3 is 0 Å². The summed E-state index contributed by atoms with van der Waals surface area (Å²) < 4.78 is 0. The highest BCUT2D eigenvalue weighted by Gasteiger charge is 2.37. The summed E-state index contributed by atoms with van der Waals surface area (Å²) >= 11 is 12.0. The number of nitrogens with zero attached hydrogens (tertiary/aromatic N) is 1. The Morgan fingerprint density at radius 3 is 2.56 bits per heavy atom. The molecule has 0 aliphatic heterocycles. The molecule has 0 unspecified atom stereocenters. The number of nitrogens with one attached hydrogen (secondary N) is 1. The second kappa shape index (κ2) is 4.41. The van der Waals surface area contributed by atoms with Gasteiger partial charge in [0.05, 0.1) is 21.1 Å². The molecule has 2 aromatic rings. The first kappa shape index (κ1) is 12.3. The maximum absolute atomic E-state index is 6.02. The fourth-order valence-electron chi connectivity index (χ4n) is 2.85. The summed E-state index contributed by atoms with van der Waals surface area (Å²) in [5.41, 5.74) is 7.77. The molecule has 3 nitrogen and oxygen atoms in total. The number of imidazole rings is 1. The molecule has 0 atom stereocenters. The number of benzene rings is 1. The Morgan fingerprint density at radius 1 is 1.22 bits per heavy atom. The Labute approximate surface area is 116 Å². The van der Waals surface area contributed by atoms with Crippen LogP contribution in [0.15, 0.2) is 12.1 Å². The van der Waals surface area contributed by atoms with E-state index < -0.39 is 0 Å². The number of nitrogens with two attached hydrogens (primary N) is 1. The van der Waals surface area contributed by atoms with E-state index in [1.54, 1.807) is 6.07 Å². The van der Waals surface area contributed by atoms with Gasteiger partial charge in [-0.15, -0.1) is 0 Å². The summed E-state index contributed by atoms with van der Waals surface area (Å²) in [4.78, 5) is 8.02. The molecule has 0 bridgehead atoms. The van der Waals surface area contributed by atoms with Gasteiger partial charge in [0, 0.05) is 12.0 Å². The summed E-state index contributed by atoms with van der Waals surface area (Å²) in [6.07, 6.45) is 4.64. The van der Waals surface area contributed by atoms with E-state index in [9.17, 15) is 0 Å². The van der Waals surface area contributed by atoms with Gasteiger partial charge in [0.15, 0.2) is 0 Å². The van der Waals surface area contributed by atoms with Crippen LogP contribution >= 0.6 is 23.2 Å². The van der Waals surface area contributed by atoms with Crippen LogP contribution in [0.5, 0.6) is 0 Å². The summed E-state index contributed by atoms with van der Waals surface area (Å²) in [6.45, 7) is 0.633. The van der Waals surface area contributed by atoms with Gasteiger partial charge < -0.3 is 10.7 Å². The second-order valence-corrected chi connectivity index (χ2v) is 5.87. The lowest BCUT2D eigenvalue weighted by molar-refractivity contribution is 0.430. The first-order valence-corrected chi connectivity index (χ1v) is 6.95. The zero-order chi connectivity index (χ0) is 12.8. The first-order chi connectivity index (χ1) is 8.64. The van der Waals surface area contributed by atoms with E-state index in [0.717, 1.165) is 29.7 Å². The second-order valence-electron chi connectivity index (χ2n) is 5.06. The third-order valence-electron chi connectivity index (χ3n) is 3.98. The van der Waals surface area contributed by atoms with Crippen LogP contribution in [-0.4, -0.2) is 16.5 Å². The first-order valence-electron chi connectivity index (χ1n) is 6.20. The van der Waals surface area contributed by atoms with Crippen molar-refractivity contribution in [3.63, 3.8) is 0 Å². The molecule has 0 radical (unpaired) electrons. The largest absolute Gasteiger partial charge is 0.341 e. The van der Waals surface area contributed by atoms with Crippen molar-refractivity contribution in [2.24, 2.45) is 5.73 Å². The van der Waals surface area contributed by atoms with Crippen LogP contribution in [0, 0.1) is 0 Å². The number of H-pyrrole nitrogens is 1. The highest BCUT2D eigenvalue weighted by molar-refractivity contribution is 6.42. The van der Waals surface area contributed by atoms with Crippen LogP contribution in [-0.2, 0) is 5.41 Å². The Balaban J connectivity index is 2.13. The lowest BCUT2D eigenvalue weighted by Gasteiger charge is -2.24. The third-order valence-corrected chi connectivity index (χ3v) is 4.70. The van der Waals surface area contributed by atoms with Crippen molar-refractivity contribution >= 4 is 34.2 Å². The van der Waals surface area contributed by atoms with Gasteiger partial charge in [-0.2, -0.15) is 0 Å². The Hall–Kier alpha value is -0.770.